The van der Waals surface area contributed by atoms with Gasteiger partial charge in [0.1, 0.15) is 0 Å². The van der Waals surface area contributed by atoms with Crippen LogP contribution in [0.25, 0.3) is 0 Å². The van der Waals surface area contributed by atoms with Gasteiger partial charge < -0.3 is 29.4 Å². The van der Waals surface area contributed by atoms with Gasteiger partial charge in [-0.2, -0.15) is 50.2 Å². The van der Waals surface area contributed by atoms with Crippen molar-refractivity contribution in [2.75, 3.05) is 109 Å². The fourth-order valence-corrected chi connectivity index (χ4v) is 23.3. The number of rotatable bonds is 43. The molecule has 682 valence electrons. The summed E-state index contributed by atoms with van der Waals surface area (Å²) >= 11 is 0. The number of nitrogens with zero attached hydrogens (tertiary/aromatic N) is 18. The number of likely N-dealkylation sites (tertiary alicyclic amines) is 2. The molecule has 0 saturated carbocycles. The smallest absolute Gasteiger partial charge is 0.232 e. The third-order valence-electron chi connectivity index (χ3n) is 28.5. The molecule has 22 heteroatoms. The van der Waals surface area contributed by atoms with E-state index in [4.69, 9.17) is 49.3 Å². The van der Waals surface area contributed by atoms with Gasteiger partial charge in [0.25, 0.3) is 0 Å². The summed E-state index contributed by atoms with van der Waals surface area (Å²) < 4.78 is 0. The van der Waals surface area contributed by atoms with Crippen LogP contribution in [-0.2, 0) is 19.4 Å². The molecule has 0 N–H and O–H groups in total. The summed E-state index contributed by atoms with van der Waals surface area (Å²) in [4.78, 5) is 84.5. The third-order valence-corrected chi connectivity index (χ3v) is 28.5. The zero-order valence-corrected chi connectivity index (χ0v) is 83.0. The zero-order chi connectivity index (χ0) is 87.8. The van der Waals surface area contributed by atoms with E-state index in [0.29, 0.717) is 26.4 Å². The van der Waals surface area contributed by atoms with Crippen LogP contribution in [-0.4, -0.2) is 242 Å². The monoisotopic (exact) mass is 1650 g/mol. The Morgan fingerprint density at radius 3 is 0.508 bits per heavy atom. The topological polar surface area (TPSA) is 153 Å². The van der Waals surface area contributed by atoms with E-state index in [-0.39, 0.29) is 103 Å². The Labute approximate surface area is 724 Å². The predicted octanol–water partition coefficient (Wildman–Crippen LogP) is 21.1. The van der Waals surface area contributed by atoms with Crippen LogP contribution in [0.15, 0.2) is 0 Å². The van der Waals surface area contributed by atoms with E-state index in [1.807, 2.05) is 0 Å². The fraction of sp³-hybridized carbons (Fsp3) is 0.938. The highest BCUT2D eigenvalue weighted by molar-refractivity contribution is 5.51. The van der Waals surface area contributed by atoms with Gasteiger partial charge in [-0.05, 0) is 322 Å². The van der Waals surface area contributed by atoms with Crippen molar-refractivity contribution in [2.24, 2.45) is 0 Å². The van der Waals surface area contributed by atoms with Crippen molar-refractivity contribution in [1.82, 2.24) is 60.0 Å². The van der Waals surface area contributed by atoms with Gasteiger partial charge in [0.2, 0.25) is 35.7 Å². The van der Waals surface area contributed by atoms with E-state index < -0.39 is 0 Å². The minimum absolute atomic E-state index is 0.0450. The Balaban J connectivity index is 1.28. The average molecular weight is 1650 g/mol. The number of anilines is 6. The first-order valence-electron chi connectivity index (χ1n) is 48.2. The van der Waals surface area contributed by atoms with E-state index in [0.717, 1.165) is 255 Å². The summed E-state index contributed by atoms with van der Waals surface area (Å²) in [5.41, 5.74) is -2.31. The second-order valence-corrected chi connectivity index (χ2v) is 45.2. The lowest BCUT2D eigenvalue weighted by molar-refractivity contribution is -0.282. The number of unbranched alkanes of at least 4 members (excludes halogenated alkanes) is 7. The number of hydroxylamine groups is 8. The minimum Gasteiger partial charge on any atom is -0.338 e. The molecule has 0 radical (unpaired) electrons. The lowest BCUT2D eigenvalue weighted by Crippen LogP contribution is -2.64. The van der Waals surface area contributed by atoms with Gasteiger partial charge in [0, 0.05) is 142 Å². The first-order chi connectivity index (χ1) is 54.9. The Morgan fingerprint density at radius 2 is 0.364 bits per heavy atom. The first kappa shape index (κ1) is 99.8. The summed E-state index contributed by atoms with van der Waals surface area (Å²) in [5.74, 6) is 4.95. The van der Waals surface area contributed by atoms with E-state index in [9.17, 15) is 0 Å². The molecule has 0 spiro atoms. The highest BCUT2D eigenvalue weighted by Gasteiger charge is 2.55. The molecule has 0 aliphatic carbocycles. The molecule has 118 heavy (non-hydrogen) atoms. The van der Waals surface area contributed by atoms with Gasteiger partial charge in [0.15, 0.2) is 0 Å². The molecule has 8 rings (SSSR count). The second kappa shape index (κ2) is 40.4. The standard InChI is InChI=1S/C96H184N18O4/c1-35-43-51-105(73-61-85(9,10)103(33)86(11,12)62-73)79-97-81(107(53-45-37-3)75-65-89(17,18)111(115-57-39-5)90(19,20)66-75)101-83(99-79)109(77-69-93(25,26)113(117-59-41-7)94(27,28)70-77)55-49-47-48-50-56-110(78-71-95(29,30)114(118-60-42-8)96(31,32)72-78)84-100-80(106(52-44-36-2)74-63-87(13,14)104(34)88(15,16)64-74)98-82(102-84)108(54-46-38-4)76-67-91(21,22)112(116-58-40-6)92(23,24)68-76/h73-78H,35-72H2,1-34H3. The molecular formula is C96H184N18O4. The van der Waals surface area contributed by atoms with Crippen LogP contribution in [0.5, 0.6) is 0 Å². The first-order valence-corrected chi connectivity index (χ1v) is 48.2. The summed E-state index contributed by atoms with van der Waals surface area (Å²) in [6.07, 6.45) is 27.7. The highest BCUT2D eigenvalue weighted by Crippen LogP contribution is 2.50. The Hall–Kier alpha value is -3.58. The summed E-state index contributed by atoms with van der Waals surface area (Å²) in [6, 6.07) is 1.01. The fourth-order valence-electron chi connectivity index (χ4n) is 23.3. The maximum atomic E-state index is 6.85. The van der Waals surface area contributed by atoms with Crippen molar-refractivity contribution < 1.29 is 19.4 Å². The van der Waals surface area contributed by atoms with Crippen molar-refractivity contribution in [1.29, 1.82) is 0 Å². The molecule has 0 aromatic carbocycles. The molecule has 2 aromatic heterocycles. The van der Waals surface area contributed by atoms with E-state index in [1.165, 1.54) is 0 Å². The van der Waals surface area contributed by atoms with Gasteiger partial charge in [-0.1, -0.05) is 93.9 Å². The summed E-state index contributed by atoms with van der Waals surface area (Å²) in [5, 5.41) is 9.39. The maximum Gasteiger partial charge on any atom is 0.232 e. The van der Waals surface area contributed by atoms with Gasteiger partial charge in [0.05, 0.1) is 26.4 Å². The molecule has 0 amide bonds. The number of aromatic nitrogens is 6. The van der Waals surface area contributed by atoms with Crippen molar-refractivity contribution in [3.63, 3.8) is 0 Å². The molecule has 8 heterocycles. The van der Waals surface area contributed by atoms with Crippen LogP contribution in [0, 0.1) is 0 Å². The normalized spacial score (nSPS) is 23.8. The van der Waals surface area contributed by atoms with Crippen molar-refractivity contribution in [2.45, 2.75) is 504 Å². The molecule has 0 bridgehead atoms. The molecule has 0 atom stereocenters. The van der Waals surface area contributed by atoms with Crippen molar-refractivity contribution in [3.8, 4) is 0 Å². The molecular weight excluding hydrogens is 1470 g/mol. The highest BCUT2D eigenvalue weighted by atomic mass is 16.7. The largest absolute Gasteiger partial charge is 0.338 e. The maximum absolute atomic E-state index is 6.85. The predicted molar refractivity (Wildman–Crippen MR) is 497 cm³/mol. The molecule has 6 aliphatic heterocycles. The average Bonchev–Trinajstić information content (AvgIpc) is 0.754. The van der Waals surface area contributed by atoms with Gasteiger partial charge in [-0.25, -0.2) is 0 Å². The van der Waals surface area contributed by atoms with E-state index in [1.54, 1.807) is 0 Å². The molecule has 6 aliphatic rings. The lowest BCUT2D eigenvalue weighted by atomic mass is 9.77. The SMILES string of the molecule is CCCCN(c1nc(N(CCCC)C2CC(C)(C)N(OCCC)C(C)(C)C2)nc(N(CCCCCCN(c2nc(N(CCCC)C3CC(C)(C)N(C)C(C)(C)C3)nc(N(CCCC)C3CC(C)(C)N(OCCC)C(C)(C)C3)n2)C2CC(C)(C)N(OCCC)C(C)(C)C2)C2CC(C)(C)N(OCCC)C(C)(C)C2)n1)C1CC(C)(C)N(C)C(C)(C)C1. The van der Waals surface area contributed by atoms with Crippen LogP contribution in [0.2, 0.25) is 0 Å². The van der Waals surface area contributed by atoms with E-state index in [2.05, 4.69) is 295 Å². The zero-order valence-electron chi connectivity index (χ0n) is 83.0. The number of hydrogen-bond acceptors (Lipinski definition) is 22. The number of hydrogen-bond donors (Lipinski definition) is 0. The van der Waals surface area contributed by atoms with Crippen LogP contribution < -0.4 is 29.4 Å². The molecule has 22 nitrogen and oxygen atoms in total. The third kappa shape index (κ3) is 23.9. The van der Waals surface area contributed by atoms with Gasteiger partial charge >= 0.3 is 0 Å². The molecule has 6 fully saturated rings. The van der Waals surface area contributed by atoms with Crippen LogP contribution in [0.3, 0.4) is 0 Å². The van der Waals surface area contributed by atoms with Gasteiger partial charge in [-0.3, -0.25) is 29.2 Å². The van der Waals surface area contributed by atoms with Crippen LogP contribution in [0.4, 0.5) is 35.7 Å². The van der Waals surface area contributed by atoms with Crippen molar-refractivity contribution in [3.05, 3.63) is 0 Å². The molecule has 6 saturated heterocycles. The molecule has 0 unspecified atom stereocenters. The van der Waals surface area contributed by atoms with Gasteiger partial charge in [-0.15, -0.1) is 0 Å². The number of piperidine rings is 6. The Bertz CT molecular complexity index is 3070. The summed E-state index contributed by atoms with van der Waals surface area (Å²) in [6.45, 7) is 84.1. The van der Waals surface area contributed by atoms with Crippen LogP contribution >= 0.6 is 0 Å². The Morgan fingerprint density at radius 1 is 0.220 bits per heavy atom. The molecule has 2 aromatic rings. The van der Waals surface area contributed by atoms with Crippen molar-refractivity contribution >= 4 is 35.7 Å². The second-order valence-electron chi connectivity index (χ2n) is 45.2. The lowest BCUT2D eigenvalue weighted by Gasteiger charge is -2.56. The van der Waals surface area contributed by atoms with Crippen LogP contribution in [0.1, 0.15) is 401 Å². The quantitative estimate of drug-likeness (QED) is 0.0578. The Kier molecular flexibility index (Phi) is 34.2. The minimum atomic E-state index is -0.289. The summed E-state index contributed by atoms with van der Waals surface area (Å²) in [7, 11) is 4.67. The van der Waals surface area contributed by atoms with E-state index >= 15 is 0 Å².